The van der Waals surface area contributed by atoms with Gasteiger partial charge in [0.2, 0.25) is 5.91 Å². The summed E-state index contributed by atoms with van der Waals surface area (Å²) in [6, 6.07) is 16.7. The van der Waals surface area contributed by atoms with Crippen molar-refractivity contribution >= 4 is 28.6 Å². The van der Waals surface area contributed by atoms with Crippen molar-refractivity contribution in [1.29, 1.82) is 0 Å². The van der Waals surface area contributed by atoms with Crippen LogP contribution >= 0.6 is 11.8 Å². The number of thioether (sulfide) groups is 1. The predicted molar refractivity (Wildman–Crippen MR) is 105 cm³/mol. The summed E-state index contributed by atoms with van der Waals surface area (Å²) in [5.74, 6) is 2.40. The highest BCUT2D eigenvalue weighted by Crippen LogP contribution is 2.56. The van der Waals surface area contributed by atoms with Gasteiger partial charge in [0.05, 0.1) is 11.2 Å². The van der Waals surface area contributed by atoms with Gasteiger partial charge in [0.15, 0.2) is 0 Å². The van der Waals surface area contributed by atoms with Gasteiger partial charge in [-0.15, -0.1) is 11.8 Å². The van der Waals surface area contributed by atoms with Gasteiger partial charge in [-0.05, 0) is 37.6 Å². The number of carbonyl (C=O) groups excluding carboxylic acids is 1. The van der Waals surface area contributed by atoms with Gasteiger partial charge in [-0.25, -0.2) is 0 Å². The molecule has 0 bridgehead atoms. The van der Waals surface area contributed by atoms with Crippen molar-refractivity contribution in [3.05, 3.63) is 59.8 Å². The van der Waals surface area contributed by atoms with Gasteiger partial charge >= 0.3 is 0 Å². The number of aromatic nitrogens is 1. The SMILES string of the molecule is CC(=O)n1c2c(c3ccccc31)OC(C)(C)[C@@H]1CSc3ccccc3[C@H]21. The van der Waals surface area contributed by atoms with Crippen LogP contribution in [0.4, 0.5) is 0 Å². The van der Waals surface area contributed by atoms with E-state index in [1.165, 1.54) is 10.5 Å². The Morgan fingerprint density at radius 2 is 1.88 bits per heavy atom. The zero-order valence-corrected chi connectivity index (χ0v) is 16.0. The molecule has 1 aromatic heterocycles. The van der Waals surface area contributed by atoms with E-state index in [9.17, 15) is 4.79 Å². The first-order valence-electron chi connectivity index (χ1n) is 9.04. The lowest BCUT2D eigenvalue weighted by Gasteiger charge is -2.47. The van der Waals surface area contributed by atoms with E-state index in [-0.39, 0.29) is 17.4 Å². The Bertz CT molecular complexity index is 1050. The number of para-hydroxylation sites is 1. The minimum atomic E-state index is -0.288. The minimum absolute atomic E-state index is 0.0419. The Balaban J connectivity index is 1.90. The largest absolute Gasteiger partial charge is 0.485 e. The minimum Gasteiger partial charge on any atom is -0.485 e. The predicted octanol–water partition coefficient (Wildman–Crippen LogP) is 5.33. The number of hydrogen-bond acceptors (Lipinski definition) is 3. The zero-order chi connectivity index (χ0) is 18.1. The lowest BCUT2D eigenvalue weighted by atomic mass is 9.73. The fourth-order valence-electron chi connectivity index (χ4n) is 4.60. The molecule has 2 aromatic carbocycles. The number of fused-ring (bicyclic) bond motifs is 7. The van der Waals surface area contributed by atoms with Gasteiger partial charge in [-0.2, -0.15) is 0 Å². The van der Waals surface area contributed by atoms with E-state index >= 15 is 0 Å². The van der Waals surface area contributed by atoms with E-state index in [0.717, 1.165) is 28.1 Å². The van der Waals surface area contributed by atoms with Crippen LogP contribution in [0.2, 0.25) is 0 Å². The molecule has 0 spiro atoms. The maximum absolute atomic E-state index is 12.6. The third-order valence-electron chi connectivity index (χ3n) is 5.81. The van der Waals surface area contributed by atoms with Gasteiger partial charge < -0.3 is 4.74 Å². The molecule has 5 rings (SSSR count). The molecule has 0 radical (unpaired) electrons. The quantitative estimate of drug-likeness (QED) is 0.541. The van der Waals surface area contributed by atoms with Gasteiger partial charge in [-0.1, -0.05) is 30.3 Å². The van der Waals surface area contributed by atoms with Crippen molar-refractivity contribution in [2.24, 2.45) is 5.92 Å². The maximum Gasteiger partial charge on any atom is 0.228 e. The van der Waals surface area contributed by atoms with Gasteiger partial charge in [0.1, 0.15) is 11.4 Å². The van der Waals surface area contributed by atoms with Crippen LogP contribution < -0.4 is 4.74 Å². The zero-order valence-electron chi connectivity index (χ0n) is 15.2. The van der Waals surface area contributed by atoms with Crippen LogP contribution in [0.3, 0.4) is 0 Å². The molecular weight excluding hydrogens is 342 g/mol. The summed E-state index contributed by atoms with van der Waals surface area (Å²) in [6.07, 6.45) is 0. The van der Waals surface area contributed by atoms with E-state index in [1.54, 1.807) is 6.92 Å². The number of hydrogen-bond donors (Lipinski definition) is 0. The smallest absolute Gasteiger partial charge is 0.228 e. The highest BCUT2D eigenvalue weighted by atomic mass is 32.2. The van der Waals surface area contributed by atoms with Gasteiger partial charge in [-0.3, -0.25) is 9.36 Å². The molecule has 2 aliphatic heterocycles. The molecule has 2 atom stereocenters. The maximum atomic E-state index is 12.6. The van der Waals surface area contributed by atoms with Crippen molar-refractivity contribution in [3.63, 3.8) is 0 Å². The Hall–Kier alpha value is -2.20. The standard InChI is InChI=1S/C22H21NO2S/c1-13(24)23-17-10-6-4-8-14(17)21-20(23)19-15-9-5-7-11-18(15)26-12-16(19)22(2,3)25-21/h4-11,16,19H,12H2,1-3H3/t16-,19+/m1/s1. The van der Waals surface area contributed by atoms with Crippen LogP contribution in [0, 0.1) is 5.92 Å². The highest BCUT2D eigenvalue weighted by Gasteiger charge is 2.49. The monoisotopic (exact) mass is 363 g/mol. The first-order chi connectivity index (χ1) is 12.5. The molecule has 0 amide bonds. The Kier molecular flexibility index (Phi) is 3.32. The van der Waals surface area contributed by atoms with Crippen LogP contribution in [-0.2, 0) is 0 Å². The van der Waals surface area contributed by atoms with E-state index in [1.807, 2.05) is 34.5 Å². The van der Waals surface area contributed by atoms with Crippen molar-refractivity contribution in [1.82, 2.24) is 4.57 Å². The third-order valence-corrected chi connectivity index (χ3v) is 7.01. The summed E-state index contributed by atoms with van der Waals surface area (Å²) in [5.41, 5.74) is 2.99. The molecule has 2 aliphatic rings. The molecule has 0 saturated heterocycles. The number of nitrogens with zero attached hydrogens (tertiary/aromatic N) is 1. The molecule has 3 heterocycles. The highest BCUT2D eigenvalue weighted by molar-refractivity contribution is 7.99. The molecule has 0 N–H and O–H groups in total. The Morgan fingerprint density at radius 1 is 1.15 bits per heavy atom. The van der Waals surface area contributed by atoms with Gasteiger partial charge in [0, 0.05) is 34.8 Å². The average Bonchev–Trinajstić information content (AvgIpc) is 2.95. The van der Waals surface area contributed by atoms with E-state index in [0.29, 0.717) is 5.92 Å². The number of ether oxygens (including phenoxy) is 1. The molecule has 0 unspecified atom stereocenters. The van der Waals surface area contributed by atoms with Crippen LogP contribution in [0.25, 0.3) is 10.9 Å². The lowest BCUT2D eigenvalue weighted by molar-refractivity contribution is 0.0262. The average molecular weight is 363 g/mol. The second-order valence-electron chi connectivity index (χ2n) is 7.72. The molecule has 0 aliphatic carbocycles. The molecule has 4 heteroatoms. The third kappa shape index (κ3) is 2.05. The molecule has 26 heavy (non-hydrogen) atoms. The Labute approximate surface area is 157 Å². The van der Waals surface area contributed by atoms with Crippen LogP contribution in [0.1, 0.15) is 42.7 Å². The summed E-state index contributed by atoms with van der Waals surface area (Å²) in [4.78, 5) is 14.0. The fraction of sp³-hybridized carbons (Fsp3) is 0.318. The summed E-state index contributed by atoms with van der Waals surface area (Å²) >= 11 is 1.90. The van der Waals surface area contributed by atoms with Gasteiger partial charge in [0.25, 0.3) is 0 Å². The molecule has 0 fully saturated rings. The number of carbonyl (C=O) groups is 1. The second-order valence-corrected chi connectivity index (χ2v) is 8.79. The van der Waals surface area contributed by atoms with E-state index in [2.05, 4.69) is 44.2 Å². The van der Waals surface area contributed by atoms with Crippen LogP contribution in [0.15, 0.2) is 53.4 Å². The van der Waals surface area contributed by atoms with E-state index in [4.69, 9.17) is 4.74 Å². The summed E-state index contributed by atoms with van der Waals surface area (Å²) in [7, 11) is 0. The van der Waals surface area contributed by atoms with Crippen LogP contribution in [0.5, 0.6) is 5.75 Å². The van der Waals surface area contributed by atoms with Crippen molar-refractivity contribution in [2.75, 3.05) is 5.75 Å². The Morgan fingerprint density at radius 3 is 2.69 bits per heavy atom. The number of benzene rings is 2. The lowest BCUT2D eigenvalue weighted by Crippen LogP contribution is -2.47. The normalized spacial score (nSPS) is 22.9. The first-order valence-corrected chi connectivity index (χ1v) is 10.0. The molecule has 132 valence electrons. The second kappa shape index (κ2) is 5.40. The summed E-state index contributed by atoms with van der Waals surface area (Å²) in [5, 5.41) is 1.03. The van der Waals surface area contributed by atoms with Crippen LogP contribution in [-0.4, -0.2) is 21.8 Å². The molecule has 3 aromatic rings. The van der Waals surface area contributed by atoms with E-state index < -0.39 is 0 Å². The van der Waals surface area contributed by atoms with Crippen molar-refractivity contribution < 1.29 is 9.53 Å². The fourth-order valence-corrected chi connectivity index (χ4v) is 6.09. The molecule has 0 saturated carbocycles. The molecule has 3 nitrogen and oxygen atoms in total. The van der Waals surface area contributed by atoms with Crippen molar-refractivity contribution in [2.45, 2.75) is 37.2 Å². The summed E-state index contributed by atoms with van der Waals surface area (Å²) < 4.78 is 8.44. The van der Waals surface area contributed by atoms with Crippen molar-refractivity contribution in [3.8, 4) is 5.75 Å². The number of rotatable bonds is 0. The molecular formula is C22H21NO2S. The topological polar surface area (TPSA) is 31.2 Å². The summed E-state index contributed by atoms with van der Waals surface area (Å²) in [6.45, 7) is 6.01. The first kappa shape index (κ1) is 16.0.